The lowest BCUT2D eigenvalue weighted by Crippen LogP contribution is -2.11. The Kier molecular flexibility index (Phi) is 3.48. The highest BCUT2D eigenvalue weighted by molar-refractivity contribution is 6.69. The normalized spacial score (nSPS) is 12.7. The Bertz CT molecular complexity index is 608. The molecule has 0 aliphatic carbocycles. The van der Waals surface area contributed by atoms with Crippen LogP contribution in [0.1, 0.15) is 11.3 Å². The van der Waals surface area contributed by atoms with E-state index in [9.17, 15) is 13.2 Å². The van der Waals surface area contributed by atoms with Gasteiger partial charge in [0, 0.05) is 5.56 Å². The van der Waals surface area contributed by atoms with E-state index < -0.39 is 28.4 Å². The van der Waals surface area contributed by atoms with Gasteiger partial charge in [0.15, 0.2) is 16.6 Å². The highest BCUT2D eigenvalue weighted by atomic mass is 35.5. The molecule has 0 fully saturated rings. The Morgan fingerprint density at radius 1 is 1.26 bits per heavy atom. The van der Waals surface area contributed by atoms with Crippen molar-refractivity contribution in [1.82, 2.24) is 5.16 Å². The molecule has 4 nitrogen and oxygen atoms in total. The second-order valence-electron chi connectivity index (χ2n) is 3.49. The fourth-order valence-electron chi connectivity index (χ4n) is 1.53. The summed E-state index contributed by atoms with van der Waals surface area (Å²) in [4.78, 5) is 0. The molecule has 0 spiro atoms. The number of halogens is 4. The van der Waals surface area contributed by atoms with Crippen molar-refractivity contribution in [2.24, 2.45) is 5.16 Å². The minimum atomic E-state index is -4.74. The van der Waals surface area contributed by atoms with Crippen molar-refractivity contribution < 1.29 is 22.9 Å². The van der Waals surface area contributed by atoms with Crippen molar-refractivity contribution in [3.8, 4) is 11.3 Å². The van der Waals surface area contributed by atoms with E-state index in [0.717, 1.165) is 0 Å². The molecule has 0 saturated heterocycles. The first-order valence-electron chi connectivity index (χ1n) is 4.95. The van der Waals surface area contributed by atoms with Gasteiger partial charge in [0.05, 0.1) is 0 Å². The van der Waals surface area contributed by atoms with Gasteiger partial charge in [-0.05, 0) is 0 Å². The van der Waals surface area contributed by atoms with Gasteiger partial charge in [-0.25, -0.2) is 0 Å². The summed E-state index contributed by atoms with van der Waals surface area (Å²) in [5.74, 6) is -0.482. The number of aromatic nitrogens is 1. The number of nitrogens with zero attached hydrogens (tertiary/aromatic N) is 2. The topological polar surface area (TPSA) is 58.6 Å². The lowest BCUT2D eigenvalue weighted by atomic mass is 10.1. The second kappa shape index (κ2) is 4.93. The minimum absolute atomic E-state index is 0.191. The van der Waals surface area contributed by atoms with Crippen LogP contribution in [-0.2, 0) is 6.18 Å². The first-order valence-corrected chi connectivity index (χ1v) is 5.33. The van der Waals surface area contributed by atoms with Gasteiger partial charge in [0.2, 0.25) is 0 Å². The van der Waals surface area contributed by atoms with Gasteiger partial charge in [0.25, 0.3) is 0 Å². The van der Waals surface area contributed by atoms with Crippen LogP contribution in [0.5, 0.6) is 0 Å². The van der Waals surface area contributed by atoms with Crippen LogP contribution in [0, 0.1) is 0 Å². The molecule has 1 N–H and O–H groups in total. The van der Waals surface area contributed by atoms with Crippen LogP contribution in [-0.4, -0.2) is 15.5 Å². The third-order valence-corrected chi connectivity index (χ3v) is 2.55. The molecule has 1 heterocycles. The zero-order valence-corrected chi connectivity index (χ0v) is 9.90. The van der Waals surface area contributed by atoms with Crippen molar-refractivity contribution >= 4 is 16.8 Å². The number of hydrogen-bond donors (Lipinski definition) is 1. The highest BCUT2D eigenvalue weighted by Gasteiger charge is 2.42. The van der Waals surface area contributed by atoms with Gasteiger partial charge in [0.1, 0.15) is 5.56 Å². The average molecular weight is 291 g/mol. The Morgan fingerprint density at radius 2 is 1.89 bits per heavy atom. The molecule has 0 aliphatic heterocycles. The molecule has 0 amide bonds. The van der Waals surface area contributed by atoms with Crippen LogP contribution < -0.4 is 0 Å². The Balaban J connectivity index is 2.67. The summed E-state index contributed by atoms with van der Waals surface area (Å²) >= 11 is 5.38. The molecule has 8 heteroatoms. The molecule has 0 bridgehead atoms. The standard InChI is InChI=1S/C11H6ClF3N2O2/c12-10(16-18)8-7(11(13,14)15)9(19-17-8)6-4-2-1-3-5-6/h1-5,18H/b16-10+. The first-order chi connectivity index (χ1) is 8.95. The van der Waals surface area contributed by atoms with Gasteiger partial charge in [-0.15, -0.1) is 0 Å². The van der Waals surface area contributed by atoms with E-state index in [1.165, 1.54) is 12.1 Å². The largest absolute Gasteiger partial charge is 0.422 e. The molecule has 2 rings (SSSR count). The molecular formula is C11H6ClF3N2O2. The molecule has 1 aromatic carbocycles. The number of alkyl halides is 3. The highest BCUT2D eigenvalue weighted by Crippen LogP contribution is 2.39. The van der Waals surface area contributed by atoms with E-state index in [2.05, 4.69) is 14.8 Å². The molecule has 0 saturated carbocycles. The first kappa shape index (κ1) is 13.4. The number of oxime groups is 1. The molecule has 100 valence electrons. The van der Waals surface area contributed by atoms with E-state index in [4.69, 9.17) is 16.8 Å². The van der Waals surface area contributed by atoms with Crippen LogP contribution >= 0.6 is 11.6 Å². The Morgan fingerprint density at radius 3 is 2.42 bits per heavy atom. The van der Waals surface area contributed by atoms with Gasteiger partial charge < -0.3 is 9.73 Å². The number of hydrogen-bond acceptors (Lipinski definition) is 4. The van der Waals surface area contributed by atoms with Crippen molar-refractivity contribution in [3.63, 3.8) is 0 Å². The van der Waals surface area contributed by atoms with E-state index >= 15 is 0 Å². The zero-order valence-electron chi connectivity index (χ0n) is 9.15. The minimum Gasteiger partial charge on any atom is -0.410 e. The predicted molar refractivity (Wildman–Crippen MR) is 61.1 cm³/mol. The molecule has 0 aliphatic rings. The van der Waals surface area contributed by atoms with Gasteiger partial charge >= 0.3 is 6.18 Å². The number of benzene rings is 1. The van der Waals surface area contributed by atoms with Crippen LogP contribution in [0.15, 0.2) is 40.0 Å². The summed E-state index contributed by atoms with van der Waals surface area (Å²) in [5.41, 5.74) is -1.74. The fraction of sp³-hybridized carbons (Fsp3) is 0.0909. The van der Waals surface area contributed by atoms with Gasteiger partial charge in [-0.2, -0.15) is 13.2 Å². The summed E-state index contributed by atoms with van der Waals surface area (Å²) in [6.07, 6.45) is -4.74. The smallest absolute Gasteiger partial charge is 0.410 e. The summed E-state index contributed by atoms with van der Waals surface area (Å²) in [6.45, 7) is 0. The third-order valence-electron chi connectivity index (χ3n) is 2.29. The lowest BCUT2D eigenvalue weighted by molar-refractivity contribution is -0.137. The maximum atomic E-state index is 13.0. The van der Waals surface area contributed by atoms with Gasteiger partial charge in [-0.1, -0.05) is 52.2 Å². The van der Waals surface area contributed by atoms with Crippen LogP contribution in [0.2, 0.25) is 0 Å². The van der Waals surface area contributed by atoms with Crippen LogP contribution in [0.4, 0.5) is 13.2 Å². The SMILES string of the molecule is O/N=C(/Cl)c1noc(-c2ccccc2)c1C(F)(F)F. The fourth-order valence-corrected chi connectivity index (χ4v) is 1.66. The van der Waals surface area contributed by atoms with Crippen molar-refractivity contribution in [3.05, 3.63) is 41.6 Å². The Labute approximate surface area is 110 Å². The maximum absolute atomic E-state index is 13.0. The summed E-state index contributed by atoms with van der Waals surface area (Å²) < 4.78 is 43.8. The molecule has 0 unspecified atom stereocenters. The van der Waals surface area contributed by atoms with Crippen LogP contribution in [0.3, 0.4) is 0 Å². The summed E-state index contributed by atoms with van der Waals surface area (Å²) in [7, 11) is 0. The molecule has 0 atom stereocenters. The van der Waals surface area contributed by atoms with Gasteiger partial charge in [-0.3, -0.25) is 0 Å². The van der Waals surface area contributed by atoms with E-state index in [1.54, 1.807) is 18.2 Å². The second-order valence-corrected chi connectivity index (χ2v) is 3.85. The van der Waals surface area contributed by atoms with E-state index in [0.29, 0.717) is 0 Å². The predicted octanol–water partition coefficient (Wildman–Crippen LogP) is 3.74. The average Bonchev–Trinajstić information content (AvgIpc) is 2.83. The quantitative estimate of drug-likeness (QED) is 0.521. The van der Waals surface area contributed by atoms with Crippen molar-refractivity contribution in [2.45, 2.75) is 6.18 Å². The Hall–Kier alpha value is -2.02. The van der Waals surface area contributed by atoms with E-state index in [1.807, 2.05) is 0 Å². The van der Waals surface area contributed by atoms with Crippen molar-refractivity contribution in [1.29, 1.82) is 0 Å². The van der Waals surface area contributed by atoms with E-state index in [-0.39, 0.29) is 5.56 Å². The molecule has 2 aromatic rings. The molecule has 1 aromatic heterocycles. The third kappa shape index (κ3) is 2.55. The van der Waals surface area contributed by atoms with Crippen LogP contribution in [0.25, 0.3) is 11.3 Å². The maximum Gasteiger partial charge on any atom is 0.422 e. The van der Waals surface area contributed by atoms with Crippen molar-refractivity contribution in [2.75, 3.05) is 0 Å². The molecule has 19 heavy (non-hydrogen) atoms. The lowest BCUT2D eigenvalue weighted by Gasteiger charge is -2.07. The zero-order chi connectivity index (χ0) is 14.0. The molecule has 0 radical (unpaired) electrons. The monoisotopic (exact) mass is 290 g/mol. The summed E-state index contributed by atoms with van der Waals surface area (Å²) in [6, 6.07) is 7.63. The number of rotatable bonds is 2. The molecular weight excluding hydrogens is 285 g/mol. The summed E-state index contributed by atoms with van der Waals surface area (Å²) in [5, 5.41) is 13.4.